The van der Waals surface area contributed by atoms with E-state index in [-0.39, 0.29) is 0 Å². The van der Waals surface area contributed by atoms with Gasteiger partial charge >= 0.3 is 0 Å². The van der Waals surface area contributed by atoms with Crippen LogP contribution in [0.2, 0.25) is 0 Å². The summed E-state index contributed by atoms with van der Waals surface area (Å²) in [7, 11) is 0. The van der Waals surface area contributed by atoms with E-state index in [1.54, 1.807) is 0 Å². The SMILES string of the molecule is c1ccc(-c2ccc(-c3ccc(N(c4cccc5c4sc4ccccc45)c4cccc5ccc6c7cc(-c8ccc9oc%10ccccc%10c9c8)ccc7sc6c45)cc3)cc2)cc1. The number of fused-ring (bicyclic) bond motifs is 11. The van der Waals surface area contributed by atoms with Crippen LogP contribution in [0.3, 0.4) is 0 Å². The van der Waals surface area contributed by atoms with Gasteiger partial charge in [-0.15, -0.1) is 22.7 Å². The average molecular weight is 826 g/mol. The minimum Gasteiger partial charge on any atom is -0.456 e. The van der Waals surface area contributed by atoms with Crippen molar-refractivity contribution in [3.63, 3.8) is 0 Å². The number of thiophene rings is 2. The van der Waals surface area contributed by atoms with Gasteiger partial charge in [-0.1, -0.05) is 152 Å². The summed E-state index contributed by atoms with van der Waals surface area (Å²) in [5.41, 5.74) is 12.5. The first-order chi connectivity index (χ1) is 30.7. The van der Waals surface area contributed by atoms with E-state index >= 15 is 0 Å². The van der Waals surface area contributed by atoms with Crippen LogP contribution in [0.4, 0.5) is 17.1 Å². The van der Waals surface area contributed by atoms with Crippen LogP contribution in [0, 0.1) is 0 Å². The van der Waals surface area contributed by atoms with Gasteiger partial charge in [-0.2, -0.15) is 0 Å². The fraction of sp³-hybridized carbons (Fsp3) is 0. The lowest BCUT2D eigenvalue weighted by Gasteiger charge is -2.28. The first-order valence-corrected chi connectivity index (χ1v) is 22.6. The summed E-state index contributed by atoms with van der Waals surface area (Å²) >= 11 is 3.76. The molecule has 0 radical (unpaired) electrons. The molecule has 13 rings (SSSR count). The number of para-hydroxylation sites is 1. The summed E-state index contributed by atoms with van der Waals surface area (Å²) < 4.78 is 11.3. The van der Waals surface area contributed by atoms with Gasteiger partial charge in [-0.3, -0.25) is 0 Å². The normalized spacial score (nSPS) is 11.9. The average Bonchev–Trinajstić information content (AvgIpc) is 4.03. The molecule has 0 amide bonds. The number of hydrogen-bond acceptors (Lipinski definition) is 4. The zero-order chi connectivity index (χ0) is 40.7. The Hall–Kier alpha value is -7.50. The number of nitrogens with zero attached hydrogens (tertiary/aromatic N) is 1. The predicted molar refractivity (Wildman–Crippen MR) is 268 cm³/mol. The zero-order valence-electron chi connectivity index (χ0n) is 33.4. The van der Waals surface area contributed by atoms with Gasteiger partial charge in [0.25, 0.3) is 0 Å². The first-order valence-electron chi connectivity index (χ1n) is 21.0. The first kappa shape index (κ1) is 35.3. The van der Waals surface area contributed by atoms with Crippen LogP contribution < -0.4 is 4.90 Å². The van der Waals surface area contributed by atoms with Crippen LogP contribution in [-0.4, -0.2) is 0 Å². The second kappa shape index (κ2) is 14.0. The molecule has 0 saturated carbocycles. The molecule has 4 heteroatoms. The van der Waals surface area contributed by atoms with E-state index in [4.69, 9.17) is 4.42 Å². The molecule has 0 N–H and O–H groups in total. The molecule has 3 aromatic heterocycles. The number of hydrogen-bond donors (Lipinski definition) is 0. The molecule has 0 saturated heterocycles. The van der Waals surface area contributed by atoms with E-state index in [1.165, 1.54) is 95.9 Å². The summed E-state index contributed by atoms with van der Waals surface area (Å²) in [4.78, 5) is 2.50. The Labute approximate surface area is 365 Å². The largest absolute Gasteiger partial charge is 0.456 e. The van der Waals surface area contributed by atoms with Gasteiger partial charge in [-0.05, 0) is 99.4 Å². The zero-order valence-corrected chi connectivity index (χ0v) is 35.0. The summed E-state index contributed by atoms with van der Waals surface area (Å²) in [6.07, 6.45) is 0. The molecule has 0 atom stereocenters. The molecule has 0 aliphatic rings. The smallest absolute Gasteiger partial charge is 0.135 e. The highest BCUT2D eigenvalue weighted by Crippen LogP contribution is 2.50. The maximum absolute atomic E-state index is 6.18. The predicted octanol–water partition coefficient (Wildman–Crippen LogP) is 17.9. The van der Waals surface area contributed by atoms with Crippen molar-refractivity contribution in [3.8, 4) is 33.4 Å². The van der Waals surface area contributed by atoms with Crippen LogP contribution in [0.5, 0.6) is 0 Å². The lowest BCUT2D eigenvalue weighted by atomic mass is 9.99. The van der Waals surface area contributed by atoms with Crippen molar-refractivity contribution in [1.29, 1.82) is 0 Å². The highest BCUT2D eigenvalue weighted by molar-refractivity contribution is 7.27. The standard InChI is InChI=1S/C58H35NOS2/c1-2-10-36(11-3-1)37-20-22-38(23-21-37)39-24-29-43(30-25-39)59(51-17-9-15-46-45-14-5-7-19-54(45)61-57(46)51)50-16-8-12-40-26-31-47-49-35-42(28-33-55(49)62-58(47)56(40)50)41-27-32-53-48(34-41)44-13-4-6-18-52(44)60-53/h1-35H. The molecule has 0 unspecified atom stereocenters. The van der Waals surface area contributed by atoms with E-state index < -0.39 is 0 Å². The number of furan rings is 1. The summed E-state index contributed by atoms with van der Waals surface area (Å²) in [5.74, 6) is 0. The molecule has 0 fully saturated rings. The van der Waals surface area contributed by atoms with Gasteiger partial charge in [0.05, 0.1) is 16.1 Å². The summed E-state index contributed by atoms with van der Waals surface area (Å²) in [5, 5.41) is 9.91. The van der Waals surface area contributed by atoms with Crippen LogP contribution in [0.15, 0.2) is 217 Å². The Kier molecular flexibility index (Phi) is 7.99. The van der Waals surface area contributed by atoms with E-state index in [1.807, 2.05) is 34.8 Å². The van der Waals surface area contributed by atoms with Crippen molar-refractivity contribution in [1.82, 2.24) is 0 Å². The molecule has 0 aliphatic heterocycles. The van der Waals surface area contributed by atoms with Gasteiger partial charge in [0.2, 0.25) is 0 Å². The second-order valence-electron chi connectivity index (χ2n) is 16.0. The fourth-order valence-electron chi connectivity index (χ4n) is 9.46. The van der Waals surface area contributed by atoms with Crippen LogP contribution in [0.1, 0.15) is 0 Å². The Morgan fingerprint density at radius 2 is 0.887 bits per heavy atom. The Bertz CT molecular complexity index is 3860. The third kappa shape index (κ3) is 5.61. The van der Waals surface area contributed by atoms with Crippen molar-refractivity contribution in [3.05, 3.63) is 212 Å². The Balaban J connectivity index is 0.983. The molecule has 0 spiro atoms. The van der Waals surface area contributed by atoms with Crippen molar-refractivity contribution in [2.75, 3.05) is 4.90 Å². The molecule has 3 heterocycles. The van der Waals surface area contributed by atoms with Gasteiger partial charge in [0, 0.05) is 57.5 Å². The fourth-order valence-corrected chi connectivity index (χ4v) is 11.9. The molecule has 0 aliphatic carbocycles. The molecular weight excluding hydrogens is 791 g/mol. The van der Waals surface area contributed by atoms with E-state index in [9.17, 15) is 0 Å². The van der Waals surface area contributed by atoms with Crippen molar-refractivity contribution in [2.45, 2.75) is 0 Å². The number of anilines is 3. The Morgan fingerprint density at radius 3 is 1.71 bits per heavy atom. The quantitative estimate of drug-likeness (QED) is 0.166. The highest BCUT2D eigenvalue weighted by atomic mass is 32.1. The maximum Gasteiger partial charge on any atom is 0.135 e. The van der Waals surface area contributed by atoms with Gasteiger partial charge in [-0.25, -0.2) is 0 Å². The van der Waals surface area contributed by atoms with E-state index in [0.717, 1.165) is 27.6 Å². The third-order valence-electron chi connectivity index (χ3n) is 12.5. The van der Waals surface area contributed by atoms with Crippen molar-refractivity contribution < 1.29 is 4.42 Å². The molecule has 13 aromatic rings. The van der Waals surface area contributed by atoms with E-state index in [2.05, 4.69) is 205 Å². The lowest BCUT2D eigenvalue weighted by molar-refractivity contribution is 0.669. The summed E-state index contributed by atoms with van der Waals surface area (Å²) in [6.45, 7) is 0. The van der Waals surface area contributed by atoms with Crippen LogP contribution in [0.25, 0.3) is 106 Å². The highest BCUT2D eigenvalue weighted by Gasteiger charge is 2.22. The summed E-state index contributed by atoms with van der Waals surface area (Å²) in [6, 6.07) is 77.5. The topological polar surface area (TPSA) is 16.4 Å². The molecule has 290 valence electrons. The lowest BCUT2D eigenvalue weighted by Crippen LogP contribution is -2.10. The molecular formula is C58H35NOS2. The van der Waals surface area contributed by atoms with Gasteiger partial charge in [0.15, 0.2) is 0 Å². The molecule has 2 nitrogen and oxygen atoms in total. The van der Waals surface area contributed by atoms with E-state index in [0.29, 0.717) is 0 Å². The molecule has 10 aromatic carbocycles. The van der Waals surface area contributed by atoms with Gasteiger partial charge < -0.3 is 9.32 Å². The van der Waals surface area contributed by atoms with Crippen molar-refractivity contribution >= 4 is 113 Å². The molecule has 62 heavy (non-hydrogen) atoms. The molecule has 0 bridgehead atoms. The van der Waals surface area contributed by atoms with Gasteiger partial charge in [0.1, 0.15) is 11.2 Å². The third-order valence-corrected chi connectivity index (χ3v) is 14.9. The Morgan fingerprint density at radius 1 is 0.323 bits per heavy atom. The number of rotatable bonds is 6. The van der Waals surface area contributed by atoms with Crippen LogP contribution >= 0.6 is 22.7 Å². The van der Waals surface area contributed by atoms with Crippen LogP contribution in [-0.2, 0) is 0 Å². The maximum atomic E-state index is 6.18. The second-order valence-corrected chi connectivity index (χ2v) is 18.1. The monoisotopic (exact) mass is 825 g/mol. The number of benzene rings is 10. The minimum absolute atomic E-state index is 0.916. The van der Waals surface area contributed by atoms with Crippen molar-refractivity contribution in [2.24, 2.45) is 0 Å². The minimum atomic E-state index is 0.916.